The summed E-state index contributed by atoms with van der Waals surface area (Å²) in [6.07, 6.45) is -7.03. The lowest BCUT2D eigenvalue weighted by atomic mass is 9.74. The molecule has 4 aliphatic rings. The summed E-state index contributed by atoms with van der Waals surface area (Å²) >= 11 is 0. The van der Waals surface area contributed by atoms with Gasteiger partial charge in [0.25, 0.3) is 0 Å². The van der Waals surface area contributed by atoms with E-state index in [4.69, 9.17) is 33.2 Å². The van der Waals surface area contributed by atoms with Crippen molar-refractivity contribution in [2.75, 3.05) is 52.2 Å². The highest BCUT2D eigenvalue weighted by Crippen LogP contribution is 2.44. The Morgan fingerprint density at radius 2 is 1.57 bits per heavy atom. The number of hydrogen-bond acceptors (Lipinski definition) is 17. The molecule has 0 bridgehead atoms. The fourth-order valence-electron chi connectivity index (χ4n) is 11.1. The van der Waals surface area contributed by atoms with Crippen molar-refractivity contribution in [2.24, 2.45) is 17.8 Å². The number of likely N-dealkylation sites (N-methyl/N-ethyl adjacent to an activating group) is 1. The Hall–Kier alpha value is -2.28. The van der Waals surface area contributed by atoms with Crippen LogP contribution in [0.5, 0.6) is 5.75 Å². The van der Waals surface area contributed by atoms with Gasteiger partial charge in [-0.3, -0.25) is 9.52 Å². The fraction of sp³-hybridized carbons (Fsp3) is 0.857. The van der Waals surface area contributed by atoms with Gasteiger partial charge in [-0.05, 0) is 130 Å². The molecule has 0 radical (unpaired) electrons. The number of nitrogens with one attached hydrogen (secondary N) is 2. The molecular weight excluding hydrogens is 917 g/mol. The number of nitrogens with zero attached hydrogens (tertiary/aromatic N) is 2. The average molecular weight is 1000 g/mol. The molecule has 1 aromatic rings. The summed E-state index contributed by atoms with van der Waals surface area (Å²) in [4.78, 5) is 16.8. The van der Waals surface area contributed by atoms with Crippen molar-refractivity contribution in [2.45, 2.75) is 204 Å². The molecule has 4 aliphatic heterocycles. The number of carbonyl (C=O) groups excluding carboxylic acids is 1. The first kappa shape index (κ1) is 57.6. The number of piperidine rings is 1. The molecule has 398 valence electrons. The normalized spacial score (nSPS) is 42.8. The van der Waals surface area contributed by atoms with E-state index >= 15 is 0 Å². The third kappa shape index (κ3) is 13.1. The first-order chi connectivity index (χ1) is 32.1. The maximum absolute atomic E-state index is 14.6. The topological polar surface area (TPSA) is 248 Å². The van der Waals surface area contributed by atoms with Crippen molar-refractivity contribution < 1.29 is 71.9 Å². The third-order valence-corrected chi connectivity index (χ3v) is 17.1. The zero-order chi connectivity index (χ0) is 51.4. The second-order valence-electron chi connectivity index (χ2n) is 21.2. The molecule has 4 heterocycles. The van der Waals surface area contributed by atoms with E-state index in [-0.39, 0.29) is 43.8 Å². The number of aliphatic hydroxyl groups is 5. The third-order valence-electron chi connectivity index (χ3n) is 15.6. The average Bonchev–Trinajstić information content (AvgIpc) is 3.29. The monoisotopic (exact) mass is 1000 g/mol. The van der Waals surface area contributed by atoms with Gasteiger partial charge in [-0.1, -0.05) is 27.2 Å². The maximum atomic E-state index is 14.6. The minimum atomic E-state index is -4.25. The Morgan fingerprint density at radius 3 is 2.16 bits per heavy atom. The van der Waals surface area contributed by atoms with E-state index in [1.165, 1.54) is 28.2 Å². The van der Waals surface area contributed by atoms with Crippen molar-refractivity contribution in [3.05, 3.63) is 24.3 Å². The highest BCUT2D eigenvalue weighted by atomic mass is 32.2. The number of methoxy groups -OCH3 is 2. The highest BCUT2D eigenvalue weighted by molar-refractivity contribution is 7.90. The number of hydrogen-bond donors (Lipinski definition) is 7. The van der Waals surface area contributed by atoms with E-state index in [1.807, 2.05) is 13.8 Å². The number of β-amino-alcohol motifs (C(OH)–C–C–N with tert-alkyl or cyclic N) is 1. The van der Waals surface area contributed by atoms with Crippen LogP contribution < -0.4 is 14.8 Å². The number of rotatable bonds is 13. The summed E-state index contributed by atoms with van der Waals surface area (Å²) in [5.74, 6) is -2.60. The Labute approximate surface area is 411 Å². The predicted molar refractivity (Wildman–Crippen MR) is 258 cm³/mol. The van der Waals surface area contributed by atoms with Crippen molar-refractivity contribution in [1.82, 2.24) is 14.5 Å². The van der Waals surface area contributed by atoms with Crippen LogP contribution in [0.2, 0.25) is 0 Å². The van der Waals surface area contributed by atoms with Crippen molar-refractivity contribution >= 4 is 21.9 Å². The summed E-state index contributed by atoms with van der Waals surface area (Å²) in [5.41, 5.74) is -6.01. The van der Waals surface area contributed by atoms with Crippen LogP contribution in [0.25, 0.3) is 0 Å². The summed E-state index contributed by atoms with van der Waals surface area (Å²) < 4.78 is 75.4. The van der Waals surface area contributed by atoms with Crippen LogP contribution in [-0.4, -0.2) is 186 Å². The number of esters is 1. The molecule has 0 spiro atoms. The minimum Gasteiger partial charge on any atom is -0.497 e. The van der Waals surface area contributed by atoms with Gasteiger partial charge in [0.2, 0.25) is 0 Å². The molecule has 4 saturated heterocycles. The number of carbonyl (C=O) groups is 1. The number of cyclic esters (lactones) is 1. The maximum Gasteiger partial charge on any atom is 0.311 e. The molecule has 0 aromatic heterocycles. The first-order valence-corrected chi connectivity index (χ1v) is 26.3. The molecule has 1 aromatic carbocycles. The Balaban J connectivity index is 1.54. The van der Waals surface area contributed by atoms with E-state index < -0.39 is 118 Å². The van der Waals surface area contributed by atoms with Crippen LogP contribution in [0.4, 0.5) is 5.69 Å². The van der Waals surface area contributed by atoms with Crippen LogP contribution >= 0.6 is 0 Å². The van der Waals surface area contributed by atoms with Crippen molar-refractivity contribution in [1.29, 1.82) is 0 Å². The Morgan fingerprint density at radius 1 is 0.928 bits per heavy atom. The summed E-state index contributed by atoms with van der Waals surface area (Å²) in [6, 6.07) is 4.62. The van der Waals surface area contributed by atoms with E-state index in [0.717, 1.165) is 36.7 Å². The molecule has 4 fully saturated rings. The molecule has 20 heteroatoms. The number of likely N-dealkylation sites (tertiary alicyclic amines) is 1. The van der Waals surface area contributed by atoms with Crippen molar-refractivity contribution in [3.63, 3.8) is 0 Å². The quantitative estimate of drug-likeness (QED) is 0.140. The van der Waals surface area contributed by atoms with Gasteiger partial charge in [0.1, 0.15) is 40.9 Å². The Kier molecular flexibility index (Phi) is 19.4. The van der Waals surface area contributed by atoms with E-state index in [0.29, 0.717) is 12.3 Å². The van der Waals surface area contributed by atoms with Gasteiger partial charge < -0.3 is 68.9 Å². The van der Waals surface area contributed by atoms with Crippen LogP contribution in [0.15, 0.2) is 24.3 Å². The van der Waals surface area contributed by atoms with E-state index in [9.17, 15) is 38.7 Å². The lowest BCUT2D eigenvalue weighted by Crippen LogP contribution is -2.70. The van der Waals surface area contributed by atoms with Crippen LogP contribution in [-0.2, 0) is 43.4 Å². The van der Waals surface area contributed by atoms with Gasteiger partial charge in [-0.15, -0.1) is 0 Å². The molecule has 7 N–H and O–H groups in total. The van der Waals surface area contributed by atoms with Gasteiger partial charge >= 0.3 is 16.2 Å². The van der Waals surface area contributed by atoms with Crippen LogP contribution in [0.3, 0.4) is 0 Å². The molecule has 19 nitrogen and oxygen atoms in total. The predicted octanol–water partition coefficient (Wildman–Crippen LogP) is 3.15. The smallest absolute Gasteiger partial charge is 0.311 e. The highest BCUT2D eigenvalue weighted by Gasteiger charge is 2.59. The van der Waals surface area contributed by atoms with Gasteiger partial charge in [0.05, 0.1) is 54.8 Å². The van der Waals surface area contributed by atoms with Crippen molar-refractivity contribution in [3.8, 4) is 5.75 Å². The SMILES string of the molecule is CCC1OC(=O)C(C)C(O[C@H]2C[C@@](C)(OC)[C@](O)(CN3CCCCC3)[C@H](C)O2)C(C)C(O[C@H]2O[C@@H](C)C[C@@H](N(C)S(=O)(=O)Nc3ccc(OC)cc3)[C@@H]2O)C(C)(O)CC(C)CNC(C)C(O)C1(C)O. The summed E-state index contributed by atoms with van der Waals surface area (Å²) in [5, 5.41) is 64.0. The van der Waals surface area contributed by atoms with Gasteiger partial charge in [-0.25, -0.2) is 0 Å². The molecule has 0 saturated carbocycles. The zero-order valence-electron chi connectivity index (χ0n) is 43.3. The summed E-state index contributed by atoms with van der Waals surface area (Å²) in [7, 11) is 0.142. The largest absolute Gasteiger partial charge is 0.497 e. The number of benzene rings is 1. The van der Waals surface area contributed by atoms with Crippen LogP contribution in [0.1, 0.15) is 114 Å². The van der Waals surface area contributed by atoms with Gasteiger partial charge in [0, 0.05) is 39.1 Å². The molecular formula is C49H86N4O15S. The molecule has 10 unspecified atom stereocenters. The number of aliphatic hydroxyl groups excluding tert-OH is 2. The van der Waals surface area contributed by atoms with Crippen LogP contribution in [0, 0.1) is 17.8 Å². The molecule has 0 amide bonds. The second kappa shape index (κ2) is 23.3. The number of ether oxygens (including phenoxy) is 7. The molecule has 69 heavy (non-hydrogen) atoms. The van der Waals surface area contributed by atoms with E-state index in [2.05, 4.69) is 14.9 Å². The molecule has 0 aliphatic carbocycles. The summed E-state index contributed by atoms with van der Waals surface area (Å²) in [6.45, 7) is 19.3. The molecule has 18 atom stereocenters. The fourth-order valence-corrected chi connectivity index (χ4v) is 12.2. The van der Waals surface area contributed by atoms with Gasteiger partial charge in [-0.2, -0.15) is 12.7 Å². The second-order valence-corrected chi connectivity index (χ2v) is 23.0. The lowest BCUT2D eigenvalue weighted by Gasteiger charge is -2.55. The first-order valence-electron chi connectivity index (χ1n) is 24.9. The van der Waals surface area contributed by atoms with E-state index in [1.54, 1.807) is 72.7 Å². The number of anilines is 1. The zero-order valence-corrected chi connectivity index (χ0v) is 44.1. The lowest BCUT2D eigenvalue weighted by molar-refractivity contribution is -0.339. The molecule has 5 rings (SSSR count). The Bertz CT molecular complexity index is 1910. The standard InChI is InChI=1S/C49H86N4O15S/c1-14-38-48(10,58)42(55)33(6)50-27-29(2)25-46(8,57)43(68-45-40(54)37(24-30(3)64-45)52(11)69(60,61)51-35-18-20-36(62-12)21-19-35)31(4)41(32(5)44(56)66-38)67-39-26-47(9,63-13)49(59,34(7)65-39)28-53-22-16-15-17-23-53/h18-21,29-34,37-43,45,50-51,54-55,57-59H,14-17,22-28H2,1-13H3/t29?,30-,31?,32?,33?,34-,37+,38?,39-,40-,41?,42?,43?,45+,46?,47+,48?,49-/m0/s1. The van der Waals surface area contributed by atoms with Gasteiger partial charge in [0.15, 0.2) is 12.6 Å². The minimum absolute atomic E-state index is 0.0409.